The predicted molar refractivity (Wildman–Crippen MR) is 211 cm³/mol. The second kappa shape index (κ2) is 13.7. The molecule has 0 bridgehead atoms. The van der Waals surface area contributed by atoms with Gasteiger partial charge in [0, 0.05) is 0 Å². The van der Waals surface area contributed by atoms with Crippen molar-refractivity contribution in [3.63, 3.8) is 0 Å². The zero-order valence-corrected chi connectivity index (χ0v) is 30.7. The van der Waals surface area contributed by atoms with Crippen LogP contribution < -0.4 is 31.8 Å². The van der Waals surface area contributed by atoms with Crippen molar-refractivity contribution in [2.45, 2.75) is 0 Å². The minimum atomic E-state index is -3.19. The molecule has 6 aromatic rings. The monoisotopic (exact) mass is 769 g/mol. The first kappa shape index (κ1) is 33.0. The summed E-state index contributed by atoms with van der Waals surface area (Å²) in [7, 11) is 0. The molecule has 0 aliphatic rings. The summed E-state index contributed by atoms with van der Waals surface area (Å²) in [6, 6.07) is 64.7. The van der Waals surface area contributed by atoms with Gasteiger partial charge in [0.05, 0.1) is 0 Å². The molecule has 0 unspecified atom stereocenters. The van der Waals surface area contributed by atoms with E-state index in [1.165, 1.54) is 31.8 Å². The topological polar surface area (TPSA) is 23.5 Å². The summed E-state index contributed by atoms with van der Waals surface area (Å²) in [4.78, 5) is 0. The summed E-state index contributed by atoms with van der Waals surface area (Å²) in [5.74, 6) is 0. The van der Waals surface area contributed by atoms with E-state index in [1.807, 2.05) is 0 Å². The molecule has 1 N–H and O–H groups in total. The number of halogens is 2. The van der Waals surface area contributed by atoms with Gasteiger partial charge in [-0.15, -0.1) is 0 Å². The molecule has 6 rings (SSSR count). The van der Waals surface area contributed by atoms with Crippen LogP contribution in [0.3, 0.4) is 0 Å². The van der Waals surface area contributed by atoms with E-state index < -0.39 is 10.6 Å². The summed E-state index contributed by atoms with van der Waals surface area (Å²) in [5, 5.41) is 14.6. The number of rotatable bonds is 12. The van der Waals surface area contributed by atoms with Crippen LogP contribution in [0.2, 0.25) is 0 Å². The third kappa shape index (κ3) is 5.75. The number of hydrogen-bond donors (Lipinski definition) is 1. The molecule has 0 heterocycles. The van der Waals surface area contributed by atoms with Gasteiger partial charge in [-0.3, -0.25) is 0 Å². The third-order valence-corrected chi connectivity index (χ3v) is 29.2. The average molecular weight is 772 g/mol. The number of nitrogens with zero attached hydrogens (tertiary/aromatic N) is 1. The van der Waals surface area contributed by atoms with Crippen LogP contribution in [0, 0.1) is 0 Å². The van der Waals surface area contributed by atoms with Crippen molar-refractivity contribution in [2.75, 3.05) is 25.4 Å². The minimum absolute atomic E-state index is 0.486. The van der Waals surface area contributed by atoms with Crippen molar-refractivity contribution in [3.05, 3.63) is 182 Å². The first-order valence-electron chi connectivity index (χ1n) is 15.6. The van der Waals surface area contributed by atoms with Gasteiger partial charge in [0.25, 0.3) is 0 Å². The van der Waals surface area contributed by atoms with E-state index >= 15 is 0 Å². The third-order valence-electron chi connectivity index (χ3n) is 9.32. The van der Waals surface area contributed by atoms with E-state index in [9.17, 15) is 5.21 Å². The Bertz CT molecular complexity index is 1510. The van der Waals surface area contributed by atoms with E-state index in [0.717, 1.165) is 12.3 Å². The van der Waals surface area contributed by atoms with Gasteiger partial charge in [-0.2, -0.15) is 0 Å². The van der Waals surface area contributed by atoms with Crippen LogP contribution in [0.4, 0.5) is 0 Å². The van der Waals surface area contributed by atoms with E-state index in [-0.39, 0.29) is 0 Å². The SMILES string of the molecule is ON(CCP(Br)(c1ccccc1)(c1ccccc1)c1ccccc1)CCP(Br)(c1ccccc1)(c1ccccc1)c1ccccc1. The van der Waals surface area contributed by atoms with Crippen LogP contribution in [0.15, 0.2) is 182 Å². The molecule has 0 aliphatic carbocycles. The Hall–Kier alpha value is -2.94. The molecular weight excluding hydrogens is 732 g/mol. The molecular formula is C40H39Br2NOP2. The van der Waals surface area contributed by atoms with Gasteiger partial charge in [-0.05, 0) is 0 Å². The fraction of sp³-hybridized carbons (Fsp3) is 0.100. The van der Waals surface area contributed by atoms with Crippen molar-refractivity contribution in [2.24, 2.45) is 0 Å². The van der Waals surface area contributed by atoms with E-state index in [1.54, 1.807) is 5.06 Å². The molecule has 0 aromatic heterocycles. The summed E-state index contributed by atoms with van der Waals surface area (Å²) in [6.45, 7) is 0.971. The number of hydrogen-bond acceptors (Lipinski definition) is 2. The summed E-state index contributed by atoms with van der Waals surface area (Å²) in [5.41, 5.74) is 0. The maximum atomic E-state index is 11.9. The Kier molecular flexibility index (Phi) is 9.79. The molecule has 0 aliphatic heterocycles. The van der Waals surface area contributed by atoms with Crippen LogP contribution in [0.1, 0.15) is 0 Å². The van der Waals surface area contributed by atoms with Crippen LogP contribution in [-0.2, 0) is 0 Å². The van der Waals surface area contributed by atoms with Crippen molar-refractivity contribution in [1.82, 2.24) is 5.06 Å². The predicted octanol–water partition coefficient (Wildman–Crippen LogP) is 8.36. The van der Waals surface area contributed by atoms with Crippen LogP contribution in [0.5, 0.6) is 0 Å². The maximum absolute atomic E-state index is 11.9. The Labute approximate surface area is 289 Å². The van der Waals surface area contributed by atoms with Crippen LogP contribution in [0.25, 0.3) is 0 Å². The van der Waals surface area contributed by atoms with Crippen LogP contribution >= 0.6 is 41.6 Å². The Morgan fingerprint density at radius 3 is 0.696 bits per heavy atom. The zero-order chi connectivity index (χ0) is 32.0. The molecule has 6 heteroatoms. The second-order valence-electron chi connectivity index (χ2n) is 11.8. The molecule has 0 spiro atoms. The van der Waals surface area contributed by atoms with Crippen molar-refractivity contribution < 1.29 is 5.21 Å². The van der Waals surface area contributed by atoms with Gasteiger partial charge in [0.2, 0.25) is 0 Å². The van der Waals surface area contributed by atoms with E-state index in [2.05, 4.69) is 213 Å². The summed E-state index contributed by atoms with van der Waals surface area (Å²) < 4.78 is 0. The normalized spacial score (nSPS) is 13.7. The fourth-order valence-electron chi connectivity index (χ4n) is 6.82. The second-order valence-corrected chi connectivity index (χ2v) is 29.9. The van der Waals surface area contributed by atoms with E-state index in [4.69, 9.17) is 0 Å². The quantitative estimate of drug-likeness (QED) is 0.1000. The molecule has 0 radical (unpaired) electrons. The first-order valence-corrected chi connectivity index (χ1v) is 24.5. The molecule has 46 heavy (non-hydrogen) atoms. The Morgan fingerprint density at radius 1 is 0.348 bits per heavy atom. The Morgan fingerprint density at radius 2 is 0.522 bits per heavy atom. The molecule has 234 valence electrons. The van der Waals surface area contributed by atoms with Gasteiger partial charge in [-0.25, -0.2) is 0 Å². The molecule has 0 saturated heterocycles. The summed E-state index contributed by atoms with van der Waals surface area (Å²) >= 11 is 9.10. The zero-order valence-electron chi connectivity index (χ0n) is 25.7. The molecule has 0 atom stereocenters. The molecule has 6 aromatic carbocycles. The van der Waals surface area contributed by atoms with Gasteiger partial charge in [0.15, 0.2) is 0 Å². The summed E-state index contributed by atoms with van der Waals surface area (Å²) in [6.07, 6.45) is 1.45. The first-order chi connectivity index (χ1) is 22.4. The van der Waals surface area contributed by atoms with Crippen molar-refractivity contribution in [1.29, 1.82) is 0 Å². The average Bonchev–Trinajstić information content (AvgIpc) is 3.15. The Balaban J connectivity index is 1.42. The molecule has 2 nitrogen and oxygen atoms in total. The van der Waals surface area contributed by atoms with E-state index in [0.29, 0.717) is 13.1 Å². The standard InChI is InChI=1S/C40H39Br2NOP2/c41-45(35-19-7-1-8-20-35,36-21-9-2-10-22-36,37-23-11-3-12-24-37)33-31-43(44)32-34-46(42,38-25-13-4-14-26-38,39-27-15-5-16-28-39)40-29-17-6-18-30-40/h1-30,44H,31-34H2. The molecule has 0 amide bonds. The van der Waals surface area contributed by atoms with Crippen LogP contribution in [-0.4, -0.2) is 35.7 Å². The van der Waals surface area contributed by atoms with Gasteiger partial charge in [0.1, 0.15) is 0 Å². The van der Waals surface area contributed by atoms with Gasteiger partial charge < -0.3 is 0 Å². The van der Waals surface area contributed by atoms with Crippen molar-refractivity contribution >= 4 is 73.4 Å². The molecule has 0 fully saturated rings. The molecule has 0 saturated carbocycles. The number of benzene rings is 6. The van der Waals surface area contributed by atoms with Crippen molar-refractivity contribution in [3.8, 4) is 0 Å². The van der Waals surface area contributed by atoms with Gasteiger partial charge in [-0.1, -0.05) is 0 Å². The number of hydroxylamine groups is 2. The van der Waals surface area contributed by atoms with Gasteiger partial charge >= 0.3 is 291 Å². The fourth-order valence-corrected chi connectivity index (χ4v) is 21.3.